The molecule has 4 heterocycles. The Labute approximate surface area is 292 Å². The van der Waals surface area contributed by atoms with Crippen LogP contribution in [0.4, 0.5) is 0 Å². The summed E-state index contributed by atoms with van der Waals surface area (Å²) < 4.78 is 0. The van der Waals surface area contributed by atoms with Gasteiger partial charge in [-0.3, -0.25) is 9.97 Å². The van der Waals surface area contributed by atoms with E-state index in [0.29, 0.717) is 5.92 Å². The summed E-state index contributed by atoms with van der Waals surface area (Å²) in [5.41, 5.74) is 8.73. The van der Waals surface area contributed by atoms with Crippen LogP contribution in [-0.2, 0) is 37.3 Å². The van der Waals surface area contributed by atoms with Gasteiger partial charge in [-0.2, -0.15) is 0 Å². The topological polar surface area (TPSA) is 79.8 Å². The van der Waals surface area contributed by atoms with Crippen LogP contribution in [0.15, 0.2) is 73.1 Å². The van der Waals surface area contributed by atoms with E-state index in [0.717, 1.165) is 39.2 Å². The fraction of sp³-hybridized carbons (Fsp3) is 0.400. The first kappa shape index (κ1) is 33.3. The summed E-state index contributed by atoms with van der Waals surface area (Å²) in [4.78, 5) is 9.20. The van der Waals surface area contributed by atoms with Crippen molar-refractivity contribution in [2.24, 2.45) is 5.41 Å². The van der Waals surface area contributed by atoms with Gasteiger partial charge in [-0.25, -0.2) is 0 Å². The standard InChI is InChI=1S/C31H31N5.C9H13N.Pt/c1-29(2,3)24-16-23(33-34-24)22-15-19-13-17-9-7-8-10-18(17)14-20(19)26(32-22)27-25-21-11-12-31(6,30(21,4)5)28(25)36-35-27;1-9(2,3)8-4-6-10-7-5-8;/h7-10,13-16,21H,11-12H2,1-6H3;4-7H,1-3H3;/q-2;;+2. The van der Waals surface area contributed by atoms with E-state index >= 15 is 0 Å². The van der Waals surface area contributed by atoms with Crippen molar-refractivity contribution in [2.45, 2.75) is 97.3 Å². The summed E-state index contributed by atoms with van der Waals surface area (Å²) in [6.45, 7) is 20.2. The van der Waals surface area contributed by atoms with Gasteiger partial charge in [0.1, 0.15) is 0 Å². The monoisotopic (exact) mass is 803 g/mol. The number of rotatable bonds is 2. The van der Waals surface area contributed by atoms with Crippen LogP contribution in [0.5, 0.6) is 0 Å². The first-order valence-corrected chi connectivity index (χ1v) is 16.5. The van der Waals surface area contributed by atoms with Crippen LogP contribution in [0.1, 0.15) is 104 Å². The van der Waals surface area contributed by atoms with Crippen molar-refractivity contribution in [1.29, 1.82) is 0 Å². The molecule has 0 saturated heterocycles. The number of fused-ring (bicyclic) bond motifs is 7. The molecule has 8 rings (SSSR count). The van der Waals surface area contributed by atoms with Crippen molar-refractivity contribution in [2.75, 3.05) is 0 Å². The van der Waals surface area contributed by atoms with Gasteiger partial charge in [0.25, 0.3) is 0 Å². The van der Waals surface area contributed by atoms with Crippen molar-refractivity contribution in [3.05, 3.63) is 95.6 Å². The molecule has 0 radical (unpaired) electrons. The Hall–Kier alpha value is -3.63. The third-order valence-electron chi connectivity index (χ3n) is 10.9. The summed E-state index contributed by atoms with van der Waals surface area (Å²) >= 11 is 0. The van der Waals surface area contributed by atoms with Crippen molar-refractivity contribution in [1.82, 2.24) is 30.4 Å². The Morgan fingerprint density at radius 3 is 2.06 bits per heavy atom. The molecule has 2 atom stereocenters. The zero-order chi connectivity index (χ0) is 32.6. The molecule has 2 aliphatic rings. The molecular formula is C40H44N6Pt. The minimum absolute atomic E-state index is 0. The second-order valence-corrected chi connectivity index (χ2v) is 16.1. The summed E-state index contributed by atoms with van der Waals surface area (Å²) in [6, 6.07) is 21.4. The molecule has 0 spiro atoms. The molecule has 47 heavy (non-hydrogen) atoms. The smallest absolute Gasteiger partial charge is 0.573 e. The summed E-state index contributed by atoms with van der Waals surface area (Å²) in [5, 5.41) is 23.3. The molecular weight excluding hydrogens is 760 g/mol. The first-order valence-electron chi connectivity index (χ1n) is 16.5. The predicted octanol–water partition coefficient (Wildman–Crippen LogP) is 9.28. The molecule has 2 aliphatic carbocycles. The number of benzene rings is 2. The van der Waals surface area contributed by atoms with E-state index in [-0.39, 0.29) is 42.7 Å². The Kier molecular flexibility index (Phi) is 8.15. The summed E-state index contributed by atoms with van der Waals surface area (Å²) in [5.74, 6) is 0.453. The molecule has 7 heteroatoms. The van der Waals surface area contributed by atoms with E-state index in [1.807, 2.05) is 12.4 Å². The van der Waals surface area contributed by atoms with Gasteiger partial charge in [-0.1, -0.05) is 104 Å². The SMILES string of the molecule is CC(C)(C)c1cc(-c2cc3cc4ccccc4cc3c(-c3[n-]nc4c3C3CCC4(C)C3(C)C)n2)[n-]n1.CC(C)(C)c1ccncc1.[Pt+2]. The number of nitrogens with zero attached hydrogens (tertiary/aromatic N) is 6. The molecule has 2 bridgehead atoms. The minimum Gasteiger partial charge on any atom is -0.573 e. The van der Waals surface area contributed by atoms with E-state index in [1.54, 1.807) is 0 Å². The third-order valence-corrected chi connectivity index (χ3v) is 10.9. The molecule has 6 aromatic rings. The maximum atomic E-state index is 5.24. The molecule has 1 fully saturated rings. The van der Waals surface area contributed by atoms with Gasteiger partial charge < -0.3 is 20.4 Å². The number of pyridine rings is 2. The van der Waals surface area contributed by atoms with Gasteiger partial charge in [0.2, 0.25) is 0 Å². The van der Waals surface area contributed by atoms with Crippen LogP contribution in [0.2, 0.25) is 0 Å². The van der Waals surface area contributed by atoms with E-state index in [4.69, 9.17) is 15.2 Å². The molecule has 4 aromatic heterocycles. The predicted molar refractivity (Wildman–Crippen MR) is 187 cm³/mol. The van der Waals surface area contributed by atoms with Crippen molar-refractivity contribution < 1.29 is 21.1 Å². The Bertz CT molecular complexity index is 2080. The second-order valence-electron chi connectivity index (χ2n) is 16.1. The van der Waals surface area contributed by atoms with E-state index in [2.05, 4.69) is 138 Å². The van der Waals surface area contributed by atoms with E-state index in [1.165, 1.54) is 40.4 Å². The maximum absolute atomic E-state index is 5.24. The fourth-order valence-corrected chi connectivity index (χ4v) is 7.55. The van der Waals surface area contributed by atoms with Crippen LogP contribution in [0.3, 0.4) is 0 Å². The number of aromatic nitrogens is 6. The zero-order valence-corrected chi connectivity index (χ0v) is 31.2. The quantitative estimate of drug-likeness (QED) is 0.163. The van der Waals surface area contributed by atoms with Gasteiger partial charge in [0.05, 0.1) is 11.4 Å². The van der Waals surface area contributed by atoms with Gasteiger partial charge in [0.15, 0.2) is 0 Å². The molecule has 244 valence electrons. The molecule has 0 N–H and O–H groups in total. The van der Waals surface area contributed by atoms with Crippen molar-refractivity contribution in [3.63, 3.8) is 0 Å². The average molecular weight is 804 g/mol. The van der Waals surface area contributed by atoms with Gasteiger partial charge in [0, 0.05) is 40.0 Å². The maximum Gasteiger partial charge on any atom is 2.00 e. The van der Waals surface area contributed by atoms with Crippen molar-refractivity contribution >= 4 is 21.5 Å². The first-order chi connectivity index (χ1) is 21.7. The Morgan fingerprint density at radius 2 is 1.45 bits per heavy atom. The zero-order valence-electron chi connectivity index (χ0n) is 28.9. The van der Waals surface area contributed by atoms with Crippen LogP contribution in [0, 0.1) is 5.41 Å². The van der Waals surface area contributed by atoms with E-state index in [9.17, 15) is 0 Å². The van der Waals surface area contributed by atoms with Crippen molar-refractivity contribution in [3.8, 4) is 22.8 Å². The average Bonchev–Trinajstić information content (AvgIpc) is 3.76. The fourth-order valence-electron chi connectivity index (χ4n) is 7.55. The normalized spacial score (nSPS) is 19.7. The molecule has 1 saturated carbocycles. The molecule has 0 amide bonds. The van der Waals surface area contributed by atoms with Crippen LogP contribution in [-0.4, -0.2) is 20.2 Å². The summed E-state index contributed by atoms with van der Waals surface area (Å²) in [6.07, 6.45) is 6.02. The van der Waals surface area contributed by atoms with Crippen LogP contribution < -0.4 is 10.2 Å². The summed E-state index contributed by atoms with van der Waals surface area (Å²) in [7, 11) is 0. The Balaban J connectivity index is 0.000000304. The minimum atomic E-state index is -0.0701. The third kappa shape index (κ3) is 5.47. The molecule has 0 aliphatic heterocycles. The Morgan fingerprint density at radius 1 is 0.766 bits per heavy atom. The van der Waals surface area contributed by atoms with Gasteiger partial charge in [-0.05, 0) is 87.2 Å². The number of hydrogen-bond acceptors (Lipinski definition) is 4. The second kappa shape index (κ2) is 11.5. The van der Waals surface area contributed by atoms with Gasteiger partial charge >= 0.3 is 21.1 Å². The van der Waals surface area contributed by atoms with Gasteiger partial charge in [-0.15, -0.1) is 0 Å². The molecule has 6 nitrogen and oxygen atoms in total. The molecule has 2 unspecified atom stereocenters. The molecule has 2 aromatic carbocycles. The largest absolute Gasteiger partial charge is 2.00 e. The number of hydrogen-bond donors (Lipinski definition) is 0. The van der Waals surface area contributed by atoms with E-state index < -0.39 is 0 Å². The van der Waals surface area contributed by atoms with Crippen LogP contribution in [0.25, 0.3) is 44.3 Å². The van der Waals surface area contributed by atoms with Crippen LogP contribution >= 0.6 is 0 Å².